The van der Waals surface area contributed by atoms with Gasteiger partial charge < -0.3 is 20.0 Å². The molecule has 0 aromatic heterocycles. The van der Waals surface area contributed by atoms with E-state index in [1.165, 1.54) is 11.1 Å². The molecular formula is C32H52N2O2. The predicted molar refractivity (Wildman–Crippen MR) is 158 cm³/mol. The summed E-state index contributed by atoms with van der Waals surface area (Å²) in [5.41, 5.74) is 5.68. The molecule has 0 aliphatic carbocycles. The highest BCUT2D eigenvalue weighted by atomic mass is 16.3. The van der Waals surface area contributed by atoms with E-state index in [9.17, 15) is 10.2 Å². The van der Waals surface area contributed by atoms with Gasteiger partial charge in [0.15, 0.2) is 0 Å². The van der Waals surface area contributed by atoms with Gasteiger partial charge in [0.1, 0.15) is 11.5 Å². The maximum atomic E-state index is 11.3. The standard InChI is InChI=1S/C32H52N2O2/c1-29(2,3)21-17-23(31(7,8)9)27(35)25(19-21)33(13)15-16-34(14)26-20-22(30(4,5)6)18-24(28(26)36)32(10,11)12/h17-20,35-36H,15-16H2,1-14H3. The van der Waals surface area contributed by atoms with Crippen LogP contribution in [0.25, 0.3) is 0 Å². The fourth-order valence-corrected chi connectivity index (χ4v) is 4.37. The zero-order chi connectivity index (χ0) is 28.0. The molecule has 0 fully saturated rings. The predicted octanol–water partition coefficient (Wildman–Crippen LogP) is 7.86. The molecule has 2 rings (SSSR count). The minimum Gasteiger partial charge on any atom is -0.505 e. The van der Waals surface area contributed by atoms with Gasteiger partial charge in [-0.1, -0.05) is 95.2 Å². The highest BCUT2D eigenvalue weighted by molar-refractivity contribution is 5.67. The lowest BCUT2D eigenvalue weighted by Crippen LogP contribution is -2.32. The Kier molecular flexibility index (Phi) is 8.16. The molecule has 0 unspecified atom stereocenters. The summed E-state index contributed by atoms with van der Waals surface area (Å²) in [6.07, 6.45) is 0. The topological polar surface area (TPSA) is 46.9 Å². The van der Waals surface area contributed by atoms with Crippen LogP contribution in [0.2, 0.25) is 0 Å². The van der Waals surface area contributed by atoms with Gasteiger partial charge in [0.2, 0.25) is 0 Å². The van der Waals surface area contributed by atoms with Crippen molar-refractivity contribution in [1.29, 1.82) is 0 Å². The van der Waals surface area contributed by atoms with Crippen molar-refractivity contribution in [3.8, 4) is 11.5 Å². The number of benzene rings is 2. The van der Waals surface area contributed by atoms with Crippen molar-refractivity contribution in [2.24, 2.45) is 0 Å². The lowest BCUT2D eigenvalue weighted by Gasteiger charge is -2.33. The number of aromatic hydroxyl groups is 2. The maximum absolute atomic E-state index is 11.3. The van der Waals surface area contributed by atoms with Crippen molar-refractivity contribution in [2.75, 3.05) is 37.0 Å². The Morgan fingerprint density at radius 1 is 0.500 bits per heavy atom. The van der Waals surface area contributed by atoms with E-state index in [1.807, 2.05) is 14.1 Å². The van der Waals surface area contributed by atoms with E-state index >= 15 is 0 Å². The van der Waals surface area contributed by atoms with Gasteiger partial charge in [-0.05, 0) is 44.9 Å². The van der Waals surface area contributed by atoms with Crippen LogP contribution in [0.5, 0.6) is 11.5 Å². The second-order valence-corrected chi connectivity index (χ2v) is 14.6. The Hall–Kier alpha value is -2.36. The zero-order valence-electron chi connectivity index (χ0n) is 25.5. The molecule has 0 saturated heterocycles. The van der Waals surface area contributed by atoms with Crippen molar-refractivity contribution in [2.45, 2.75) is 105 Å². The van der Waals surface area contributed by atoms with Crippen molar-refractivity contribution in [3.05, 3.63) is 46.5 Å². The number of anilines is 2. The summed E-state index contributed by atoms with van der Waals surface area (Å²) in [6.45, 7) is 27.5. The van der Waals surface area contributed by atoms with Gasteiger partial charge in [0, 0.05) is 38.3 Å². The third-order valence-electron chi connectivity index (χ3n) is 7.12. The van der Waals surface area contributed by atoms with E-state index in [0.717, 1.165) is 22.5 Å². The lowest BCUT2D eigenvalue weighted by molar-refractivity contribution is 0.442. The molecule has 0 amide bonds. The highest BCUT2D eigenvalue weighted by Gasteiger charge is 2.28. The van der Waals surface area contributed by atoms with Crippen LogP contribution in [-0.2, 0) is 21.7 Å². The third-order valence-corrected chi connectivity index (χ3v) is 7.12. The van der Waals surface area contributed by atoms with Gasteiger partial charge in [-0.2, -0.15) is 0 Å². The number of hydrogen-bond acceptors (Lipinski definition) is 4. The first-order valence-corrected chi connectivity index (χ1v) is 13.2. The summed E-state index contributed by atoms with van der Waals surface area (Å²) in [5.74, 6) is 0.710. The van der Waals surface area contributed by atoms with E-state index in [2.05, 4.69) is 117 Å². The normalized spacial score (nSPS) is 13.2. The number of hydrogen-bond donors (Lipinski definition) is 2. The first-order valence-electron chi connectivity index (χ1n) is 13.2. The molecule has 0 atom stereocenters. The summed E-state index contributed by atoms with van der Waals surface area (Å²) in [6, 6.07) is 8.56. The Bertz CT molecular complexity index is 986. The van der Waals surface area contributed by atoms with Gasteiger partial charge in [0.05, 0.1) is 11.4 Å². The fourth-order valence-electron chi connectivity index (χ4n) is 4.37. The van der Waals surface area contributed by atoms with E-state index in [-0.39, 0.29) is 21.7 Å². The molecule has 2 aromatic rings. The first kappa shape index (κ1) is 29.9. The van der Waals surface area contributed by atoms with Crippen molar-refractivity contribution in [1.82, 2.24) is 0 Å². The second-order valence-electron chi connectivity index (χ2n) is 14.6. The average Bonchev–Trinajstić information content (AvgIpc) is 2.68. The van der Waals surface area contributed by atoms with Crippen molar-refractivity contribution < 1.29 is 10.2 Å². The van der Waals surface area contributed by atoms with Crippen LogP contribution in [0.3, 0.4) is 0 Å². The Labute approximate surface area is 221 Å². The fraction of sp³-hybridized carbons (Fsp3) is 0.625. The van der Waals surface area contributed by atoms with Crippen LogP contribution in [0, 0.1) is 0 Å². The number of nitrogens with zero attached hydrogens (tertiary/aromatic N) is 2. The third kappa shape index (κ3) is 6.69. The Morgan fingerprint density at radius 3 is 1.00 bits per heavy atom. The van der Waals surface area contributed by atoms with Gasteiger partial charge in [-0.3, -0.25) is 0 Å². The zero-order valence-corrected chi connectivity index (χ0v) is 25.5. The molecule has 0 aliphatic heterocycles. The molecule has 0 heterocycles. The second kappa shape index (κ2) is 9.84. The SMILES string of the molecule is CN(CCN(C)c1cc(C(C)(C)C)cc(C(C)(C)C)c1O)c1cc(C(C)(C)C)cc(C(C)(C)C)c1O. The molecular weight excluding hydrogens is 444 g/mol. The minimum absolute atomic E-state index is 0.0252. The molecule has 2 N–H and O–H groups in total. The number of rotatable bonds is 5. The van der Waals surface area contributed by atoms with E-state index < -0.39 is 0 Å². The van der Waals surface area contributed by atoms with Gasteiger partial charge in [0.25, 0.3) is 0 Å². The monoisotopic (exact) mass is 496 g/mol. The van der Waals surface area contributed by atoms with Crippen LogP contribution in [0.1, 0.15) is 105 Å². The molecule has 202 valence electrons. The molecule has 36 heavy (non-hydrogen) atoms. The molecule has 0 saturated carbocycles. The number of phenolic OH excluding ortho intramolecular Hbond substituents is 2. The van der Waals surface area contributed by atoms with E-state index in [4.69, 9.17) is 0 Å². The maximum Gasteiger partial charge on any atom is 0.142 e. The van der Waals surface area contributed by atoms with Crippen LogP contribution in [0.15, 0.2) is 24.3 Å². The van der Waals surface area contributed by atoms with Gasteiger partial charge >= 0.3 is 0 Å². The summed E-state index contributed by atoms with van der Waals surface area (Å²) in [4.78, 5) is 4.26. The number of likely N-dealkylation sites (N-methyl/N-ethyl adjacent to an activating group) is 2. The molecule has 0 spiro atoms. The Balaban J connectivity index is 2.45. The number of phenols is 2. The lowest BCUT2D eigenvalue weighted by atomic mass is 9.79. The molecule has 4 nitrogen and oxygen atoms in total. The van der Waals surface area contributed by atoms with Crippen LogP contribution < -0.4 is 9.80 Å². The first-order chi connectivity index (χ1) is 16.0. The average molecular weight is 497 g/mol. The quantitative estimate of drug-likeness (QED) is 0.442. The van der Waals surface area contributed by atoms with Gasteiger partial charge in [-0.15, -0.1) is 0 Å². The smallest absolute Gasteiger partial charge is 0.142 e. The molecule has 0 aliphatic rings. The van der Waals surface area contributed by atoms with E-state index in [1.54, 1.807) is 0 Å². The molecule has 2 aromatic carbocycles. The van der Waals surface area contributed by atoms with Crippen molar-refractivity contribution in [3.63, 3.8) is 0 Å². The van der Waals surface area contributed by atoms with Crippen molar-refractivity contribution >= 4 is 11.4 Å². The summed E-state index contributed by atoms with van der Waals surface area (Å²) >= 11 is 0. The molecule has 0 bridgehead atoms. The van der Waals surface area contributed by atoms with Crippen LogP contribution in [-0.4, -0.2) is 37.4 Å². The summed E-state index contributed by atoms with van der Waals surface area (Å²) in [7, 11) is 4.07. The van der Waals surface area contributed by atoms with Crippen LogP contribution >= 0.6 is 0 Å². The summed E-state index contributed by atoms with van der Waals surface area (Å²) in [5, 5.41) is 22.5. The van der Waals surface area contributed by atoms with Gasteiger partial charge in [-0.25, -0.2) is 0 Å². The summed E-state index contributed by atoms with van der Waals surface area (Å²) < 4.78 is 0. The van der Waals surface area contributed by atoms with Crippen LogP contribution in [0.4, 0.5) is 11.4 Å². The molecule has 0 radical (unpaired) electrons. The minimum atomic E-state index is -0.166. The molecule has 4 heteroatoms. The Morgan fingerprint density at radius 2 is 0.778 bits per heavy atom. The van der Waals surface area contributed by atoms with E-state index in [0.29, 0.717) is 24.6 Å². The highest BCUT2D eigenvalue weighted by Crippen LogP contribution is 2.43. The largest absolute Gasteiger partial charge is 0.505 e.